The van der Waals surface area contributed by atoms with Gasteiger partial charge in [0.2, 0.25) is 11.8 Å². The van der Waals surface area contributed by atoms with Crippen LogP contribution in [0.5, 0.6) is 0 Å². The highest BCUT2D eigenvalue weighted by molar-refractivity contribution is 6.33. The van der Waals surface area contributed by atoms with Gasteiger partial charge < -0.3 is 5.73 Å². The average molecular weight is 241 g/mol. The Kier molecular flexibility index (Phi) is 2.66. The Balaban J connectivity index is 2.36. The lowest BCUT2D eigenvalue weighted by atomic mass is 10.2. The molecular formula is C9H9ClN4O2. The number of hydrazine groups is 1. The summed E-state index contributed by atoms with van der Waals surface area (Å²) in [6.45, 7) is 0. The van der Waals surface area contributed by atoms with Crippen molar-refractivity contribution in [2.75, 3.05) is 5.01 Å². The van der Waals surface area contributed by atoms with Gasteiger partial charge in [-0.05, 0) is 12.1 Å². The van der Waals surface area contributed by atoms with E-state index in [9.17, 15) is 9.59 Å². The van der Waals surface area contributed by atoms with Gasteiger partial charge in [-0.15, -0.1) is 0 Å². The lowest BCUT2D eigenvalue weighted by Crippen LogP contribution is -2.45. The van der Waals surface area contributed by atoms with Gasteiger partial charge >= 0.3 is 0 Å². The Bertz CT molecular complexity index is 451. The predicted molar refractivity (Wildman–Crippen MR) is 57.5 cm³/mol. The molecule has 1 aromatic heterocycles. The lowest BCUT2D eigenvalue weighted by Gasteiger charge is -2.22. The first-order valence-electron chi connectivity index (χ1n) is 4.58. The van der Waals surface area contributed by atoms with Gasteiger partial charge in [-0.25, -0.2) is 4.98 Å². The summed E-state index contributed by atoms with van der Waals surface area (Å²) in [5.74, 6) is -0.565. The van der Waals surface area contributed by atoms with Gasteiger partial charge in [-0.2, -0.15) is 0 Å². The first-order chi connectivity index (χ1) is 7.59. The van der Waals surface area contributed by atoms with E-state index in [0.717, 1.165) is 0 Å². The molecule has 1 aromatic rings. The summed E-state index contributed by atoms with van der Waals surface area (Å²) in [5, 5.41) is 1.64. The first kappa shape index (κ1) is 10.7. The van der Waals surface area contributed by atoms with Gasteiger partial charge in [0.05, 0.1) is 11.4 Å². The number of carbonyl (C=O) groups is 2. The zero-order valence-corrected chi connectivity index (χ0v) is 8.94. The quantitative estimate of drug-likeness (QED) is 0.751. The number of hydrogen-bond acceptors (Lipinski definition) is 4. The molecule has 2 rings (SSSR count). The molecule has 16 heavy (non-hydrogen) atoms. The Hall–Kier alpha value is -1.82. The van der Waals surface area contributed by atoms with Crippen LogP contribution in [0.15, 0.2) is 18.3 Å². The monoisotopic (exact) mass is 240 g/mol. The Morgan fingerprint density at radius 1 is 1.69 bits per heavy atom. The SMILES string of the molecule is NC(=O)C1CC(=O)NN1c1ncccc1Cl. The van der Waals surface area contributed by atoms with Crippen molar-refractivity contribution in [3.8, 4) is 0 Å². The van der Waals surface area contributed by atoms with Crippen LogP contribution < -0.4 is 16.2 Å². The highest BCUT2D eigenvalue weighted by atomic mass is 35.5. The lowest BCUT2D eigenvalue weighted by molar-refractivity contribution is -0.122. The second-order valence-corrected chi connectivity index (χ2v) is 3.74. The Labute approximate surface area is 96.4 Å². The van der Waals surface area contributed by atoms with E-state index in [-0.39, 0.29) is 12.3 Å². The number of nitrogens with zero attached hydrogens (tertiary/aromatic N) is 2. The average Bonchev–Trinajstić information content (AvgIpc) is 2.61. The highest BCUT2D eigenvalue weighted by Gasteiger charge is 2.36. The molecule has 0 spiro atoms. The number of rotatable bonds is 2. The van der Waals surface area contributed by atoms with E-state index < -0.39 is 11.9 Å². The largest absolute Gasteiger partial charge is 0.368 e. The maximum absolute atomic E-state index is 11.2. The maximum atomic E-state index is 11.2. The molecule has 0 radical (unpaired) electrons. The van der Waals surface area contributed by atoms with Crippen molar-refractivity contribution in [2.45, 2.75) is 12.5 Å². The number of halogens is 1. The van der Waals surface area contributed by atoms with Crippen LogP contribution in [0.3, 0.4) is 0 Å². The number of primary amides is 1. The predicted octanol–water partition coefficient (Wildman–Crippen LogP) is -0.170. The number of nitrogens with one attached hydrogen (secondary N) is 1. The molecule has 3 N–H and O–H groups in total. The summed E-state index contributed by atoms with van der Waals surface area (Å²) < 4.78 is 0. The van der Waals surface area contributed by atoms with Crippen LogP contribution in [0, 0.1) is 0 Å². The topological polar surface area (TPSA) is 88.3 Å². The summed E-state index contributed by atoms with van der Waals surface area (Å²) in [6, 6.07) is 2.52. The van der Waals surface area contributed by atoms with Crippen LogP contribution in [-0.2, 0) is 9.59 Å². The van der Waals surface area contributed by atoms with Crippen molar-refractivity contribution < 1.29 is 9.59 Å². The van der Waals surface area contributed by atoms with E-state index in [1.54, 1.807) is 12.1 Å². The third-order valence-corrected chi connectivity index (χ3v) is 2.53. The van der Waals surface area contributed by atoms with E-state index in [4.69, 9.17) is 17.3 Å². The number of carbonyl (C=O) groups excluding carboxylic acids is 2. The summed E-state index contributed by atoms with van der Waals surface area (Å²) in [4.78, 5) is 26.4. The van der Waals surface area contributed by atoms with Crippen LogP contribution in [0.2, 0.25) is 5.02 Å². The molecule has 2 heterocycles. The molecule has 1 fully saturated rings. The molecule has 7 heteroatoms. The van der Waals surface area contributed by atoms with Crippen molar-refractivity contribution in [2.24, 2.45) is 5.73 Å². The van der Waals surface area contributed by atoms with Gasteiger partial charge in [-0.3, -0.25) is 20.0 Å². The van der Waals surface area contributed by atoms with E-state index >= 15 is 0 Å². The molecule has 2 amide bonds. The third-order valence-electron chi connectivity index (χ3n) is 2.23. The first-order valence-corrected chi connectivity index (χ1v) is 4.96. The van der Waals surface area contributed by atoms with Gasteiger partial charge in [0, 0.05) is 6.20 Å². The highest BCUT2D eigenvalue weighted by Crippen LogP contribution is 2.25. The number of aromatic nitrogens is 1. The maximum Gasteiger partial charge on any atom is 0.242 e. The van der Waals surface area contributed by atoms with Crippen molar-refractivity contribution in [1.29, 1.82) is 0 Å². The molecule has 6 nitrogen and oxygen atoms in total. The normalized spacial score (nSPS) is 19.7. The van der Waals surface area contributed by atoms with Gasteiger partial charge in [0.1, 0.15) is 6.04 Å². The van der Waals surface area contributed by atoms with Crippen LogP contribution in [0.25, 0.3) is 0 Å². The molecule has 84 valence electrons. The van der Waals surface area contributed by atoms with Crippen molar-refractivity contribution in [3.05, 3.63) is 23.4 Å². The van der Waals surface area contributed by atoms with Crippen LogP contribution >= 0.6 is 11.6 Å². The van der Waals surface area contributed by atoms with E-state index in [1.165, 1.54) is 11.2 Å². The number of anilines is 1. The third kappa shape index (κ3) is 1.79. The van der Waals surface area contributed by atoms with Gasteiger partial charge in [-0.1, -0.05) is 11.6 Å². The van der Waals surface area contributed by atoms with Crippen LogP contribution in [0.4, 0.5) is 5.82 Å². The molecule has 1 aliphatic rings. The van der Waals surface area contributed by atoms with Crippen molar-refractivity contribution in [3.63, 3.8) is 0 Å². The molecule has 0 saturated carbocycles. The standard InChI is InChI=1S/C9H9ClN4O2/c10-5-2-1-3-12-9(5)14-6(8(11)16)4-7(15)13-14/h1-3,6H,4H2,(H2,11,16)(H,13,15). The second-order valence-electron chi connectivity index (χ2n) is 3.34. The van der Waals surface area contributed by atoms with E-state index in [2.05, 4.69) is 10.4 Å². The number of nitrogens with two attached hydrogens (primary N) is 1. The summed E-state index contributed by atoms with van der Waals surface area (Å²) in [5.41, 5.74) is 7.68. The molecule has 0 aliphatic carbocycles. The number of amides is 2. The minimum atomic E-state index is -0.750. The van der Waals surface area contributed by atoms with Crippen LogP contribution in [-0.4, -0.2) is 22.8 Å². The summed E-state index contributed by atoms with van der Waals surface area (Å²) >= 11 is 5.91. The fourth-order valence-corrected chi connectivity index (χ4v) is 1.72. The number of hydrogen-bond donors (Lipinski definition) is 2. The zero-order chi connectivity index (χ0) is 11.7. The van der Waals surface area contributed by atoms with E-state index in [1.807, 2.05) is 0 Å². The summed E-state index contributed by atoms with van der Waals surface area (Å²) in [7, 11) is 0. The molecule has 1 saturated heterocycles. The minimum Gasteiger partial charge on any atom is -0.368 e. The Morgan fingerprint density at radius 2 is 2.44 bits per heavy atom. The van der Waals surface area contributed by atoms with E-state index in [0.29, 0.717) is 10.8 Å². The smallest absolute Gasteiger partial charge is 0.242 e. The van der Waals surface area contributed by atoms with Crippen LogP contribution in [0.1, 0.15) is 6.42 Å². The molecule has 1 unspecified atom stereocenters. The molecule has 1 aliphatic heterocycles. The zero-order valence-electron chi connectivity index (χ0n) is 8.18. The van der Waals surface area contributed by atoms with Crippen molar-refractivity contribution in [1.82, 2.24) is 10.4 Å². The molecule has 1 atom stereocenters. The molecule has 0 bridgehead atoms. The van der Waals surface area contributed by atoms with Crippen molar-refractivity contribution >= 4 is 29.2 Å². The Morgan fingerprint density at radius 3 is 3.06 bits per heavy atom. The summed E-state index contributed by atoms with van der Waals surface area (Å²) in [6.07, 6.45) is 1.53. The van der Waals surface area contributed by atoms with Gasteiger partial charge in [0.25, 0.3) is 0 Å². The fourth-order valence-electron chi connectivity index (χ4n) is 1.51. The molecular weight excluding hydrogens is 232 g/mol. The second kappa shape index (κ2) is 3.97. The number of pyridine rings is 1. The van der Waals surface area contributed by atoms with Gasteiger partial charge in [0.15, 0.2) is 5.82 Å². The fraction of sp³-hybridized carbons (Fsp3) is 0.222. The minimum absolute atomic E-state index is 0.0161. The molecule has 0 aromatic carbocycles.